The molecule has 5 heteroatoms. The third kappa shape index (κ3) is 2.81. The van der Waals surface area contributed by atoms with Crippen LogP contribution in [0, 0.1) is 13.8 Å². The fourth-order valence-corrected chi connectivity index (χ4v) is 4.54. The molecular formula is C18H22N2O2S. The number of rotatable bonds is 2. The Labute approximate surface area is 138 Å². The highest BCUT2D eigenvalue weighted by Gasteiger charge is 2.29. The van der Waals surface area contributed by atoms with Crippen LogP contribution >= 0.6 is 0 Å². The van der Waals surface area contributed by atoms with Gasteiger partial charge in [0.2, 0.25) is 0 Å². The minimum absolute atomic E-state index is 0.361. The van der Waals surface area contributed by atoms with Gasteiger partial charge in [0, 0.05) is 20.1 Å². The molecule has 0 aromatic heterocycles. The molecule has 0 atom stereocenters. The van der Waals surface area contributed by atoms with E-state index in [4.69, 9.17) is 0 Å². The van der Waals surface area contributed by atoms with E-state index in [0.717, 1.165) is 35.5 Å². The Bertz CT molecular complexity index is 831. The molecule has 1 heterocycles. The van der Waals surface area contributed by atoms with E-state index >= 15 is 0 Å². The Hall–Kier alpha value is -2.01. The van der Waals surface area contributed by atoms with E-state index in [1.165, 1.54) is 0 Å². The van der Waals surface area contributed by atoms with Gasteiger partial charge >= 0.3 is 0 Å². The number of nitrogens with zero attached hydrogens (tertiary/aromatic N) is 2. The molecule has 4 nitrogen and oxygen atoms in total. The average Bonchev–Trinajstić information content (AvgIpc) is 2.70. The van der Waals surface area contributed by atoms with Crippen molar-refractivity contribution in [3.05, 3.63) is 53.6 Å². The first kappa shape index (κ1) is 15.9. The van der Waals surface area contributed by atoms with Crippen molar-refractivity contribution in [1.82, 2.24) is 0 Å². The normalized spacial score (nSPS) is 15.3. The summed E-state index contributed by atoms with van der Waals surface area (Å²) < 4.78 is 27.9. The smallest absolute Gasteiger partial charge is 0.264 e. The van der Waals surface area contributed by atoms with Crippen molar-refractivity contribution in [3.8, 4) is 0 Å². The molecule has 23 heavy (non-hydrogen) atoms. The van der Waals surface area contributed by atoms with Gasteiger partial charge in [0.15, 0.2) is 0 Å². The molecular weight excluding hydrogens is 308 g/mol. The molecule has 3 rings (SSSR count). The number of para-hydroxylation sites is 2. The number of sulfonamides is 1. The molecule has 0 amide bonds. The van der Waals surface area contributed by atoms with Crippen molar-refractivity contribution in [2.24, 2.45) is 0 Å². The van der Waals surface area contributed by atoms with Crippen molar-refractivity contribution in [3.63, 3.8) is 0 Å². The fraction of sp³-hybridized carbons (Fsp3) is 0.333. The van der Waals surface area contributed by atoms with Gasteiger partial charge in [-0.2, -0.15) is 0 Å². The van der Waals surface area contributed by atoms with Crippen LogP contribution in [0.3, 0.4) is 0 Å². The van der Waals surface area contributed by atoms with Crippen molar-refractivity contribution in [1.29, 1.82) is 0 Å². The summed E-state index contributed by atoms with van der Waals surface area (Å²) in [6.07, 6.45) is 0.801. The number of hydrogen-bond donors (Lipinski definition) is 0. The monoisotopic (exact) mass is 330 g/mol. The van der Waals surface area contributed by atoms with Gasteiger partial charge in [-0.25, -0.2) is 8.42 Å². The van der Waals surface area contributed by atoms with Crippen LogP contribution in [0.4, 0.5) is 11.4 Å². The van der Waals surface area contributed by atoms with Gasteiger partial charge in [-0.05, 0) is 55.7 Å². The Balaban J connectivity index is 2.12. The van der Waals surface area contributed by atoms with E-state index in [2.05, 4.69) is 4.90 Å². The van der Waals surface area contributed by atoms with Gasteiger partial charge in [-0.3, -0.25) is 4.31 Å². The number of fused-ring (bicyclic) bond motifs is 1. The predicted molar refractivity (Wildman–Crippen MR) is 94.8 cm³/mol. The zero-order valence-corrected chi connectivity index (χ0v) is 14.6. The molecule has 0 saturated heterocycles. The first-order chi connectivity index (χ1) is 10.9. The molecule has 1 aliphatic heterocycles. The van der Waals surface area contributed by atoms with E-state index in [0.29, 0.717) is 11.4 Å². The lowest BCUT2D eigenvalue weighted by Gasteiger charge is -2.25. The van der Waals surface area contributed by atoms with E-state index in [1.807, 2.05) is 51.2 Å². The molecule has 0 bridgehead atoms. The highest BCUT2D eigenvalue weighted by Crippen LogP contribution is 2.35. The molecule has 1 aliphatic rings. The van der Waals surface area contributed by atoms with Crippen LogP contribution in [0.1, 0.15) is 17.5 Å². The summed E-state index contributed by atoms with van der Waals surface area (Å²) in [7, 11) is -1.55. The van der Waals surface area contributed by atoms with E-state index in [9.17, 15) is 8.42 Å². The lowest BCUT2D eigenvalue weighted by molar-refractivity contribution is 0.590. The maximum absolute atomic E-state index is 13.2. The molecule has 0 saturated carbocycles. The molecule has 0 aliphatic carbocycles. The highest BCUT2D eigenvalue weighted by molar-refractivity contribution is 7.92. The number of hydrogen-bond acceptors (Lipinski definition) is 3. The van der Waals surface area contributed by atoms with Gasteiger partial charge in [0.25, 0.3) is 10.0 Å². The molecule has 0 fully saturated rings. The fourth-order valence-electron chi connectivity index (χ4n) is 2.94. The maximum Gasteiger partial charge on any atom is 0.264 e. The Morgan fingerprint density at radius 1 is 0.913 bits per heavy atom. The summed E-state index contributed by atoms with van der Waals surface area (Å²) in [5, 5.41) is 0. The molecule has 122 valence electrons. The molecule has 2 aromatic carbocycles. The van der Waals surface area contributed by atoms with E-state index in [1.54, 1.807) is 16.4 Å². The summed E-state index contributed by atoms with van der Waals surface area (Å²) in [6.45, 7) is 5.27. The molecule has 0 unspecified atom stereocenters. The lowest BCUT2D eigenvalue weighted by atomic mass is 10.1. The van der Waals surface area contributed by atoms with Crippen molar-refractivity contribution in [2.75, 3.05) is 29.3 Å². The minimum Gasteiger partial charge on any atom is -0.373 e. The standard InChI is InChI=1S/C18H22N2O2S/c1-14-9-10-16(13-15(14)2)23(21,22)20-12-6-11-19(3)17-7-4-5-8-18(17)20/h4-5,7-10,13H,6,11-12H2,1-3H3. The van der Waals surface area contributed by atoms with Crippen LogP contribution in [0.15, 0.2) is 47.4 Å². The summed E-state index contributed by atoms with van der Waals surface area (Å²) in [6, 6.07) is 13.0. The second-order valence-electron chi connectivity index (χ2n) is 6.09. The topological polar surface area (TPSA) is 40.6 Å². The van der Waals surface area contributed by atoms with Crippen molar-refractivity contribution < 1.29 is 8.42 Å². The van der Waals surface area contributed by atoms with Crippen LogP contribution in [0.2, 0.25) is 0 Å². The third-order valence-electron chi connectivity index (χ3n) is 4.48. The van der Waals surface area contributed by atoms with Crippen LogP contribution in [0.25, 0.3) is 0 Å². The molecule has 2 aromatic rings. The first-order valence-electron chi connectivity index (χ1n) is 7.81. The highest BCUT2D eigenvalue weighted by atomic mass is 32.2. The van der Waals surface area contributed by atoms with Crippen LogP contribution in [0.5, 0.6) is 0 Å². The quantitative estimate of drug-likeness (QED) is 0.848. The van der Waals surface area contributed by atoms with Gasteiger partial charge in [0.05, 0.1) is 16.3 Å². The summed E-state index contributed by atoms with van der Waals surface area (Å²) in [5.74, 6) is 0. The van der Waals surface area contributed by atoms with Gasteiger partial charge in [-0.15, -0.1) is 0 Å². The summed E-state index contributed by atoms with van der Waals surface area (Å²) in [4.78, 5) is 2.48. The number of benzene rings is 2. The second-order valence-corrected chi connectivity index (χ2v) is 7.95. The summed E-state index contributed by atoms with van der Waals surface area (Å²) >= 11 is 0. The number of anilines is 2. The van der Waals surface area contributed by atoms with Gasteiger partial charge < -0.3 is 4.90 Å². The van der Waals surface area contributed by atoms with Gasteiger partial charge in [0.1, 0.15) is 0 Å². The Morgan fingerprint density at radius 2 is 1.61 bits per heavy atom. The summed E-state index contributed by atoms with van der Waals surface area (Å²) in [5.41, 5.74) is 3.80. The zero-order valence-electron chi connectivity index (χ0n) is 13.8. The lowest BCUT2D eigenvalue weighted by Crippen LogP contribution is -2.31. The molecule has 0 N–H and O–H groups in total. The van der Waals surface area contributed by atoms with Crippen molar-refractivity contribution >= 4 is 21.4 Å². The average molecular weight is 330 g/mol. The van der Waals surface area contributed by atoms with E-state index in [-0.39, 0.29) is 0 Å². The minimum atomic E-state index is -3.55. The number of aryl methyl sites for hydroxylation is 2. The zero-order chi connectivity index (χ0) is 16.6. The maximum atomic E-state index is 13.2. The van der Waals surface area contributed by atoms with Gasteiger partial charge in [-0.1, -0.05) is 18.2 Å². The predicted octanol–water partition coefficient (Wildman–Crippen LogP) is 3.34. The molecule has 0 radical (unpaired) electrons. The van der Waals surface area contributed by atoms with Crippen LogP contribution < -0.4 is 9.21 Å². The van der Waals surface area contributed by atoms with Crippen LogP contribution in [-0.2, 0) is 10.0 Å². The SMILES string of the molecule is Cc1ccc(S(=O)(=O)N2CCCN(C)c3ccccc32)cc1C. The largest absolute Gasteiger partial charge is 0.373 e. The van der Waals surface area contributed by atoms with Crippen LogP contribution in [-0.4, -0.2) is 28.6 Å². The van der Waals surface area contributed by atoms with E-state index < -0.39 is 10.0 Å². The third-order valence-corrected chi connectivity index (χ3v) is 6.29. The Kier molecular flexibility index (Phi) is 4.06. The Morgan fingerprint density at radius 3 is 2.30 bits per heavy atom. The van der Waals surface area contributed by atoms with Crippen molar-refractivity contribution in [2.45, 2.75) is 25.2 Å². The first-order valence-corrected chi connectivity index (χ1v) is 9.25. The second kappa shape index (κ2) is 5.89. The molecule has 0 spiro atoms.